The normalized spacial score (nSPS) is 11.9. The largest absolute Gasteiger partial charge is 0.466 e. The Kier molecular flexibility index (Phi) is 5.95. The Morgan fingerprint density at radius 1 is 1.26 bits per heavy atom. The van der Waals surface area contributed by atoms with E-state index in [1.165, 1.54) is 12.1 Å². The zero-order chi connectivity index (χ0) is 14.3. The highest BCUT2D eigenvalue weighted by Gasteiger charge is 2.18. The number of ether oxygens (including phenoxy) is 2. The smallest absolute Gasteiger partial charge is 0.308 e. The highest BCUT2D eigenvalue weighted by atomic mass is 16.6. The van der Waals surface area contributed by atoms with Crippen molar-refractivity contribution in [1.82, 2.24) is 0 Å². The number of hydrogen-bond acceptors (Lipinski definition) is 5. The second-order valence-corrected chi connectivity index (χ2v) is 3.80. The van der Waals surface area contributed by atoms with Crippen molar-refractivity contribution in [3.63, 3.8) is 0 Å². The number of non-ortho nitro benzene ring substituents is 1. The van der Waals surface area contributed by atoms with Crippen molar-refractivity contribution in [3.8, 4) is 0 Å². The SMILES string of the molecule is CCOC(=O)C[C@H](OCC)c1ccc([N+](=O)[O-])cc1. The van der Waals surface area contributed by atoms with Crippen molar-refractivity contribution in [2.24, 2.45) is 0 Å². The Bertz CT molecular complexity index is 429. The maximum Gasteiger partial charge on any atom is 0.308 e. The molecule has 1 atom stereocenters. The zero-order valence-corrected chi connectivity index (χ0v) is 11.0. The van der Waals surface area contributed by atoms with E-state index in [9.17, 15) is 14.9 Å². The van der Waals surface area contributed by atoms with E-state index in [0.29, 0.717) is 13.2 Å². The van der Waals surface area contributed by atoms with E-state index < -0.39 is 11.0 Å². The lowest BCUT2D eigenvalue weighted by atomic mass is 10.1. The Morgan fingerprint density at radius 2 is 1.89 bits per heavy atom. The number of nitro benzene ring substituents is 1. The molecular weight excluding hydrogens is 250 g/mol. The Hall–Kier alpha value is -1.95. The first-order valence-corrected chi connectivity index (χ1v) is 6.10. The van der Waals surface area contributed by atoms with Crippen molar-refractivity contribution >= 4 is 11.7 Å². The molecule has 6 nitrogen and oxygen atoms in total. The van der Waals surface area contributed by atoms with Crippen LogP contribution in [0.4, 0.5) is 5.69 Å². The molecule has 0 fully saturated rings. The van der Waals surface area contributed by atoms with Gasteiger partial charge in [0.25, 0.3) is 5.69 Å². The third kappa shape index (κ3) is 4.67. The summed E-state index contributed by atoms with van der Waals surface area (Å²) in [6.45, 7) is 4.32. The predicted molar refractivity (Wildman–Crippen MR) is 68.7 cm³/mol. The molecule has 0 saturated heterocycles. The van der Waals surface area contributed by atoms with Gasteiger partial charge in [0.15, 0.2) is 0 Å². The van der Waals surface area contributed by atoms with Crippen LogP contribution in [0.15, 0.2) is 24.3 Å². The number of hydrogen-bond donors (Lipinski definition) is 0. The number of nitrogens with zero attached hydrogens (tertiary/aromatic N) is 1. The van der Waals surface area contributed by atoms with Gasteiger partial charge in [-0.25, -0.2) is 0 Å². The van der Waals surface area contributed by atoms with Gasteiger partial charge in [-0.1, -0.05) is 0 Å². The summed E-state index contributed by atoms with van der Waals surface area (Å²) in [5.41, 5.74) is 0.732. The summed E-state index contributed by atoms with van der Waals surface area (Å²) >= 11 is 0. The molecule has 6 heteroatoms. The van der Waals surface area contributed by atoms with Crippen LogP contribution >= 0.6 is 0 Å². The lowest BCUT2D eigenvalue weighted by molar-refractivity contribution is -0.384. The molecule has 0 aliphatic heterocycles. The summed E-state index contributed by atoms with van der Waals surface area (Å²) in [5, 5.41) is 10.6. The summed E-state index contributed by atoms with van der Waals surface area (Å²) in [6.07, 6.45) is -0.343. The molecule has 0 amide bonds. The molecule has 0 unspecified atom stereocenters. The second kappa shape index (κ2) is 7.48. The fourth-order valence-corrected chi connectivity index (χ4v) is 1.66. The van der Waals surface area contributed by atoms with Crippen LogP contribution in [0.1, 0.15) is 31.9 Å². The Labute approximate surface area is 111 Å². The van der Waals surface area contributed by atoms with Gasteiger partial charge in [-0.15, -0.1) is 0 Å². The van der Waals surface area contributed by atoms with Gasteiger partial charge in [-0.2, -0.15) is 0 Å². The molecule has 0 heterocycles. The molecule has 0 saturated carbocycles. The molecule has 1 rings (SSSR count). The minimum Gasteiger partial charge on any atom is -0.466 e. The van der Waals surface area contributed by atoms with Crippen LogP contribution in [0.25, 0.3) is 0 Å². The molecule has 0 aromatic heterocycles. The molecule has 0 aliphatic rings. The zero-order valence-electron chi connectivity index (χ0n) is 11.0. The minimum absolute atomic E-state index is 0.00938. The van der Waals surface area contributed by atoms with Gasteiger partial charge in [0, 0.05) is 18.7 Å². The van der Waals surface area contributed by atoms with Gasteiger partial charge in [0.2, 0.25) is 0 Å². The van der Waals surface area contributed by atoms with Crippen molar-refractivity contribution in [3.05, 3.63) is 39.9 Å². The van der Waals surface area contributed by atoms with Crippen LogP contribution in [-0.2, 0) is 14.3 Å². The third-order valence-corrected chi connectivity index (χ3v) is 2.50. The molecule has 0 aliphatic carbocycles. The maximum atomic E-state index is 11.5. The van der Waals surface area contributed by atoms with Crippen LogP contribution in [0.3, 0.4) is 0 Å². The van der Waals surface area contributed by atoms with Crippen molar-refractivity contribution < 1.29 is 19.2 Å². The molecule has 1 aromatic rings. The monoisotopic (exact) mass is 267 g/mol. The molecule has 19 heavy (non-hydrogen) atoms. The second-order valence-electron chi connectivity index (χ2n) is 3.80. The molecule has 104 valence electrons. The standard InChI is InChI=1S/C13H17NO5/c1-3-18-12(9-13(15)19-4-2)10-5-7-11(8-6-10)14(16)17/h5-8,12H,3-4,9H2,1-2H3/t12-/m0/s1. The van der Waals surface area contributed by atoms with Gasteiger partial charge in [0.05, 0.1) is 24.1 Å². The highest BCUT2D eigenvalue weighted by Crippen LogP contribution is 2.24. The number of carbonyl (C=O) groups is 1. The number of carbonyl (C=O) groups excluding carboxylic acids is 1. The quantitative estimate of drug-likeness (QED) is 0.431. The lowest BCUT2D eigenvalue weighted by Crippen LogP contribution is -2.13. The van der Waals surface area contributed by atoms with Crippen LogP contribution in [-0.4, -0.2) is 24.1 Å². The van der Waals surface area contributed by atoms with Gasteiger partial charge in [-0.05, 0) is 31.5 Å². The topological polar surface area (TPSA) is 78.7 Å². The van der Waals surface area contributed by atoms with Gasteiger partial charge < -0.3 is 9.47 Å². The molecule has 0 N–H and O–H groups in total. The first-order chi connectivity index (χ1) is 9.08. The van der Waals surface area contributed by atoms with Crippen molar-refractivity contribution in [2.75, 3.05) is 13.2 Å². The third-order valence-electron chi connectivity index (χ3n) is 2.50. The fourth-order valence-electron chi connectivity index (χ4n) is 1.66. The van der Waals surface area contributed by atoms with Crippen LogP contribution in [0, 0.1) is 10.1 Å². The number of benzene rings is 1. The van der Waals surface area contributed by atoms with E-state index in [-0.39, 0.29) is 18.1 Å². The summed E-state index contributed by atoms with van der Waals surface area (Å²) in [6, 6.07) is 5.98. The highest BCUT2D eigenvalue weighted by molar-refractivity contribution is 5.70. The molecular formula is C13H17NO5. The number of nitro groups is 1. The van der Waals surface area contributed by atoms with Crippen molar-refractivity contribution in [1.29, 1.82) is 0 Å². The van der Waals surface area contributed by atoms with Gasteiger partial charge >= 0.3 is 5.97 Å². The fraction of sp³-hybridized carbons (Fsp3) is 0.462. The van der Waals surface area contributed by atoms with Crippen LogP contribution < -0.4 is 0 Å². The van der Waals surface area contributed by atoms with Crippen LogP contribution in [0.2, 0.25) is 0 Å². The van der Waals surface area contributed by atoms with Crippen molar-refractivity contribution in [2.45, 2.75) is 26.4 Å². The molecule has 0 spiro atoms. The van der Waals surface area contributed by atoms with Crippen LogP contribution in [0.5, 0.6) is 0 Å². The van der Waals surface area contributed by atoms with Gasteiger partial charge in [-0.3, -0.25) is 14.9 Å². The summed E-state index contributed by atoms with van der Waals surface area (Å²) < 4.78 is 10.3. The molecule has 0 radical (unpaired) electrons. The Morgan fingerprint density at radius 3 is 2.37 bits per heavy atom. The van der Waals surface area contributed by atoms with E-state index in [2.05, 4.69) is 0 Å². The lowest BCUT2D eigenvalue weighted by Gasteiger charge is -2.16. The first kappa shape index (κ1) is 15.1. The van der Waals surface area contributed by atoms with E-state index in [1.807, 2.05) is 6.92 Å². The average molecular weight is 267 g/mol. The summed E-state index contributed by atoms with van der Waals surface area (Å²) in [5.74, 6) is -0.348. The Balaban J connectivity index is 2.80. The number of rotatable bonds is 7. The van der Waals surface area contributed by atoms with Gasteiger partial charge in [0.1, 0.15) is 0 Å². The maximum absolute atomic E-state index is 11.5. The summed E-state index contributed by atoms with van der Waals surface area (Å²) in [4.78, 5) is 21.6. The predicted octanol–water partition coefficient (Wildman–Crippen LogP) is 2.63. The molecule has 0 bridgehead atoms. The van der Waals surface area contributed by atoms with E-state index >= 15 is 0 Å². The minimum atomic E-state index is -0.467. The molecule has 1 aromatic carbocycles. The van der Waals surface area contributed by atoms with E-state index in [1.54, 1.807) is 19.1 Å². The van der Waals surface area contributed by atoms with E-state index in [4.69, 9.17) is 9.47 Å². The first-order valence-electron chi connectivity index (χ1n) is 6.10. The van der Waals surface area contributed by atoms with E-state index in [0.717, 1.165) is 5.56 Å². The summed E-state index contributed by atoms with van der Waals surface area (Å²) in [7, 11) is 0. The average Bonchev–Trinajstić information content (AvgIpc) is 2.38. The number of esters is 1.